The van der Waals surface area contributed by atoms with Crippen molar-refractivity contribution >= 4 is 29.7 Å². The molecule has 5 unspecified atom stereocenters. The lowest BCUT2D eigenvalue weighted by molar-refractivity contribution is -0.144. The lowest BCUT2D eigenvalue weighted by Crippen LogP contribution is -2.58. The van der Waals surface area contributed by atoms with E-state index in [4.69, 9.17) is 5.11 Å². The van der Waals surface area contributed by atoms with Crippen molar-refractivity contribution in [2.45, 2.75) is 83.0 Å². The molecule has 2 aliphatic heterocycles. The van der Waals surface area contributed by atoms with Gasteiger partial charge < -0.3 is 31.1 Å². The van der Waals surface area contributed by atoms with Crippen LogP contribution in [0.2, 0.25) is 0 Å². The number of aliphatic carboxylic acids is 2. The first-order valence-corrected chi connectivity index (χ1v) is 11.2. The van der Waals surface area contributed by atoms with Crippen molar-refractivity contribution < 1.29 is 34.2 Å². The van der Waals surface area contributed by atoms with Gasteiger partial charge in [0.15, 0.2) is 0 Å². The van der Waals surface area contributed by atoms with Gasteiger partial charge in [-0.05, 0) is 44.6 Å². The summed E-state index contributed by atoms with van der Waals surface area (Å²) in [6.45, 7) is 4.85. The van der Waals surface area contributed by atoms with Crippen molar-refractivity contribution in [3.05, 3.63) is 0 Å². The number of hydrogen-bond donors (Lipinski definition) is 5. The number of carboxylic acid groups (broad SMARTS) is 2. The highest BCUT2D eigenvalue weighted by Gasteiger charge is 2.39. The average Bonchev–Trinajstić information content (AvgIpc) is 3.45. The van der Waals surface area contributed by atoms with E-state index in [1.165, 1.54) is 0 Å². The van der Waals surface area contributed by atoms with Crippen molar-refractivity contribution in [2.24, 2.45) is 5.92 Å². The molecule has 2 heterocycles. The zero-order chi connectivity index (χ0) is 23.8. The predicted octanol–water partition coefficient (Wildman–Crippen LogP) is -0.305. The Morgan fingerprint density at radius 3 is 2.38 bits per heavy atom. The third-order valence-electron chi connectivity index (χ3n) is 6.25. The lowest BCUT2D eigenvalue weighted by atomic mass is 9.97. The molecule has 0 aromatic rings. The fourth-order valence-corrected chi connectivity index (χ4v) is 4.14. The molecule has 0 bridgehead atoms. The van der Waals surface area contributed by atoms with E-state index in [1.54, 1.807) is 11.8 Å². The van der Waals surface area contributed by atoms with Crippen molar-refractivity contribution in [1.29, 1.82) is 0 Å². The number of nitrogens with zero attached hydrogens (tertiary/aromatic N) is 1. The first-order chi connectivity index (χ1) is 15.1. The molecule has 0 aliphatic carbocycles. The molecule has 5 atom stereocenters. The van der Waals surface area contributed by atoms with Crippen LogP contribution < -0.4 is 16.0 Å². The van der Waals surface area contributed by atoms with Crippen LogP contribution in [-0.2, 0) is 24.0 Å². The van der Waals surface area contributed by atoms with E-state index in [2.05, 4.69) is 16.0 Å². The summed E-state index contributed by atoms with van der Waals surface area (Å²) < 4.78 is 0. The van der Waals surface area contributed by atoms with Gasteiger partial charge in [0.2, 0.25) is 17.7 Å². The van der Waals surface area contributed by atoms with Crippen LogP contribution in [-0.4, -0.2) is 82.0 Å². The van der Waals surface area contributed by atoms with Crippen molar-refractivity contribution in [3.63, 3.8) is 0 Å². The fourth-order valence-electron chi connectivity index (χ4n) is 4.14. The van der Waals surface area contributed by atoms with Gasteiger partial charge in [-0.3, -0.25) is 19.2 Å². The molecular weight excluding hydrogens is 420 g/mol. The van der Waals surface area contributed by atoms with E-state index in [1.807, 2.05) is 6.92 Å². The largest absolute Gasteiger partial charge is 0.481 e. The Morgan fingerprint density at radius 2 is 1.81 bits per heavy atom. The maximum absolute atomic E-state index is 13.0. The van der Waals surface area contributed by atoms with E-state index in [0.717, 1.165) is 19.4 Å². The summed E-state index contributed by atoms with van der Waals surface area (Å²) in [6.07, 6.45) is 2.69. The van der Waals surface area contributed by atoms with Gasteiger partial charge in [-0.15, -0.1) is 0 Å². The maximum atomic E-state index is 13.0. The second kappa shape index (κ2) is 11.8. The van der Waals surface area contributed by atoms with Crippen molar-refractivity contribution in [3.8, 4) is 0 Å². The molecule has 2 saturated heterocycles. The topological polar surface area (TPSA) is 165 Å². The Morgan fingerprint density at radius 1 is 1.09 bits per heavy atom. The predicted molar refractivity (Wildman–Crippen MR) is 114 cm³/mol. The van der Waals surface area contributed by atoms with Crippen LogP contribution in [0.15, 0.2) is 0 Å². The van der Waals surface area contributed by atoms with E-state index >= 15 is 0 Å². The van der Waals surface area contributed by atoms with Crippen molar-refractivity contribution in [2.75, 3.05) is 13.1 Å². The average molecular weight is 455 g/mol. The van der Waals surface area contributed by atoms with Crippen LogP contribution in [0.1, 0.15) is 58.8 Å². The Kier molecular flexibility index (Phi) is 9.42. The second-order valence-electron chi connectivity index (χ2n) is 8.54. The molecule has 2 rings (SSSR count). The first-order valence-electron chi connectivity index (χ1n) is 11.2. The molecule has 0 saturated carbocycles. The molecule has 2 fully saturated rings. The summed E-state index contributed by atoms with van der Waals surface area (Å²) in [5.41, 5.74) is 0. The number of carbonyl (C=O) groups excluding carboxylic acids is 3. The Labute approximate surface area is 187 Å². The minimum atomic E-state index is -1.37. The first kappa shape index (κ1) is 25.6. The molecule has 2 aliphatic rings. The van der Waals surface area contributed by atoms with Gasteiger partial charge in [-0.2, -0.15) is 0 Å². The van der Waals surface area contributed by atoms with Gasteiger partial charge in [0.1, 0.15) is 18.1 Å². The van der Waals surface area contributed by atoms with Gasteiger partial charge in [0.05, 0.1) is 6.04 Å². The summed E-state index contributed by atoms with van der Waals surface area (Å²) in [5, 5.41) is 26.3. The quantitative estimate of drug-likeness (QED) is 0.284. The summed E-state index contributed by atoms with van der Waals surface area (Å²) in [7, 11) is 0. The highest BCUT2D eigenvalue weighted by Crippen LogP contribution is 2.21. The van der Waals surface area contributed by atoms with Gasteiger partial charge in [-0.1, -0.05) is 20.3 Å². The van der Waals surface area contributed by atoms with E-state index < -0.39 is 48.3 Å². The lowest BCUT2D eigenvalue weighted by Gasteiger charge is -2.30. The zero-order valence-corrected chi connectivity index (χ0v) is 18.6. The number of amides is 3. The van der Waals surface area contributed by atoms with Gasteiger partial charge in [0, 0.05) is 13.0 Å². The molecule has 11 heteroatoms. The highest BCUT2D eigenvalue weighted by atomic mass is 16.4. The van der Waals surface area contributed by atoms with E-state index in [-0.39, 0.29) is 24.3 Å². The number of rotatable bonds is 11. The molecule has 180 valence electrons. The summed E-state index contributed by atoms with van der Waals surface area (Å²) in [4.78, 5) is 62.5. The number of nitrogens with one attached hydrogen (secondary N) is 3. The Hall–Kier alpha value is -2.69. The molecule has 0 radical (unpaired) electrons. The smallest absolute Gasteiger partial charge is 0.326 e. The molecule has 0 aromatic heterocycles. The molecule has 32 heavy (non-hydrogen) atoms. The van der Waals surface area contributed by atoms with Crippen LogP contribution in [0.5, 0.6) is 0 Å². The summed E-state index contributed by atoms with van der Waals surface area (Å²) in [5.74, 6) is -4.03. The normalized spacial score (nSPS) is 23.2. The van der Waals surface area contributed by atoms with Crippen LogP contribution in [0.25, 0.3) is 0 Å². The maximum Gasteiger partial charge on any atom is 0.326 e. The monoisotopic (exact) mass is 454 g/mol. The summed E-state index contributed by atoms with van der Waals surface area (Å²) in [6, 6.07) is -3.34. The fraction of sp³-hybridized carbons (Fsp3) is 0.762. The van der Waals surface area contributed by atoms with Crippen LogP contribution >= 0.6 is 0 Å². The van der Waals surface area contributed by atoms with Crippen LogP contribution in [0.4, 0.5) is 0 Å². The SMILES string of the molecule is CCC(C)C(NC(=O)C1CCCN1C(=O)C1CCCN1)C(=O)NC(CCC(=O)O)C(=O)O. The second-order valence-corrected chi connectivity index (χ2v) is 8.54. The third-order valence-corrected chi connectivity index (χ3v) is 6.25. The van der Waals surface area contributed by atoms with E-state index in [9.17, 15) is 29.1 Å². The Bertz CT molecular complexity index is 723. The number of carbonyl (C=O) groups is 5. The van der Waals surface area contributed by atoms with Crippen molar-refractivity contribution in [1.82, 2.24) is 20.9 Å². The van der Waals surface area contributed by atoms with Gasteiger partial charge >= 0.3 is 11.9 Å². The zero-order valence-electron chi connectivity index (χ0n) is 18.6. The van der Waals surface area contributed by atoms with E-state index in [0.29, 0.717) is 25.8 Å². The van der Waals surface area contributed by atoms with Crippen LogP contribution in [0, 0.1) is 5.92 Å². The highest BCUT2D eigenvalue weighted by molar-refractivity contribution is 5.94. The molecular formula is C21H34N4O7. The molecule has 0 aromatic carbocycles. The molecule has 3 amide bonds. The molecule has 5 N–H and O–H groups in total. The van der Waals surface area contributed by atoms with Gasteiger partial charge in [-0.25, -0.2) is 4.79 Å². The van der Waals surface area contributed by atoms with Crippen LogP contribution in [0.3, 0.4) is 0 Å². The number of hydrogen-bond acceptors (Lipinski definition) is 6. The minimum Gasteiger partial charge on any atom is -0.481 e. The third kappa shape index (κ3) is 6.65. The Balaban J connectivity index is 2.07. The number of carboxylic acids is 2. The standard InChI is InChI=1S/C21H34N4O7/c1-3-12(2)17(19(29)23-14(21(31)32)8-9-16(26)27)24-18(28)15-7-5-11-25(15)20(30)13-6-4-10-22-13/h12-15,17,22H,3-11H2,1-2H3,(H,23,29)(H,24,28)(H,26,27)(H,31,32). The minimum absolute atomic E-state index is 0.107. The molecule has 0 spiro atoms. The molecule has 11 nitrogen and oxygen atoms in total. The summed E-state index contributed by atoms with van der Waals surface area (Å²) >= 11 is 0. The van der Waals surface area contributed by atoms with Gasteiger partial charge in [0.25, 0.3) is 0 Å². The number of likely N-dealkylation sites (tertiary alicyclic amines) is 1.